The molecule has 0 fully saturated rings. The van der Waals surface area contributed by atoms with Crippen molar-refractivity contribution in [2.75, 3.05) is 19.5 Å². The van der Waals surface area contributed by atoms with Crippen LogP contribution in [0, 0.1) is 0 Å². The Morgan fingerprint density at radius 1 is 0.875 bits per heavy atom. The summed E-state index contributed by atoms with van der Waals surface area (Å²) in [5.41, 5.74) is 3.19. The van der Waals surface area contributed by atoms with E-state index in [2.05, 4.69) is 5.32 Å². The molecule has 0 saturated carbocycles. The molecule has 0 spiro atoms. The van der Waals surface area contributed by atoms with Gasteiger partial charge in [-0.3, -0.25) is 4.79 Å². The van der Waals surface area contributed by atoms with Gasteiger partial charge in [0.15, 0.2) is 11.5 Å². The summed E-state index contributed by atoms with van der Waals surface area (Å²) in [5, 5.41) is 12.2. The van der Waals surface area contributed by atoms with E-state index in [-0.39, 0.29) is 11.3 Å². The molecule has 0 aliphatic rings. The molecule has 0 atom stereocenters. The van der Waals surface area contributed by atoms with Gasteiger partial charge in [0.1, 0.15) is 0 Å². The van der Waals surface area contributed by atoms with Crippen molar-refractivity contribution in [3.63, 3.8) is 0 Å². The molecule has 6 heteroatoms. The zero-order valence-electron chi connectivity index (χ0n) is 18.0. The number of aryl methyl sites for hydroxylation is 2. The molecule has 164 valence electrons. The van der Waals surface area contributed by atoms with Gasteiger partial charge in [0, 0.05) is 6.08 Å². The van der Waals surface area contributed by atoms with E-state index < -0.39 is 11.9 Å². The smallest absolute Gasteiger partial charge is 0.337 e. The zero-order chi connectivity index (χ0) is 22.9. The number of hydrogen-bond donors (Lipinski definition) is 2. The Hall–Kier alpha value is -4.06. The minimum atomic E-state index is -1.10. The molecule has 1 amide bonds. The number of methoxy groups -OCH3 is 2. The van der Waals surface area contributed by atoms with Crippen molar-refractivity contribution >= 4 is 23.6 Å². The highest BCUT2D eigenvalue weighted by atomic mass is 16.5. The van der Waals surface area contributed by atoms with Crippen molar-refractivity contribution in [3.8, 4) is 11.5 Å². The summed E-state index contributed by atoms with van der Waals surface area (Å²) in [4.78, 5) is 24.1. The first kappa shape index (κ1) is 22.6. The first-order valence-corrected chi connectivity index (χ1v) is 10.1. The number of hydrogen-bond acceptors (Lipinski definition) is 4. The molecule has 0 aliphatic heterocycles. The molecule has 0 saturated heterocycles. The minimum Gasteiger partial charge on any atom is -0.493 e. The van der Waals surface area contributed by atoms with Gasteiger partial charge >= 0.3 is 5.97 Å². The standard InChI is InChI=1S/C26H25NO5/c1-31-23-14-11-20(17-24(23)32-2)12-15-25(28)27-22-16-19(10-13-21(22)26(29)30)9-8-18-6-4-3-5-7-18/h3-7,10-17H,8-9H2,1-2H3,(H,27,28)(H,29,30)/b15-12+. The predicted molar refractivity (Wildman–Crippen MR) is 124 cm³/mol. The highest BCUT2D eigenvalue weighted by molar-refractivity contribution is 6.06. The fourth-order valence-electron chi connectivity index (χ4n) is 3.27. The lowest BCUT2D eigenvalue weighted by Crippen LogP contribution is -2.12. The number of carbonyl (C=O) groups is 2. The zero-order valence-corrected chi connectivity index (χ0v) is 18.0. The van der Waals surface area contributed by atoms with Crippen molar-refractivity contribution in [1.82, 2.24) is 0 Å². The predicted octanol–water partition coefficient (Wildman–Crippen LogP) is 4.84. The van der Waals surface area contributed by atoms with Crippen LogP contribution >= 0.6 is 0 Å². The Balaban J connectivity index is 1.73. The molecule has 0 heterocycles. The molecule has 3 rings (SSSR count). The van der Waals surface area contributed by atoms with E-state index in [9.17, 15) is 14.7 Å². The first-order valence-electron chi connectivity index (χ1n) is 10.1. The summed E-state index contributed by atoms with van der Waals surface area (Å²) in [5.74, 6) is -0.386. The number of ether oxygens (including phenoxy) is 2. The number of carbonyl (C=O) groups excluding carboxylic acids is 1. The molecule has 0 radical (unpaired) electrons. The van der Waals surface area contributed by atoms with Gasteiger partial charge in [-0.2, -0.15) is 0 Å². The van der Waals surface area contributed by atoms with Gasteiger partial charge in [-0.25, -0.2) is 4.79 Å². The van der Waals surface area contributed by atoms with Crippen LogP contribution in [0.5, 0.6) is 11.5 Å². The Kier molecular flexibility index (Phi) is 7.65. The molecule has 0 aromatic heterocycles. The molecule has 0 aliphatic carbocycles. The van der Waals surface area contributed by atoms with Gasteiger partial charge < -0.3 is 19.9 Å². The van der Waals surface area contributed by atoms with E-state index in [0.29, 0.717) is 11.5 Å². The number of rotatable bonds is 9. The third-order valence-electron chi connectivity index (χ3n) is 4.95. The monoisotopic (exact) mass is 431 g/mol. The maximum Gasteiger partial charge on any atom is 0.337 e. The lowest BCUT2D eigenvalue weighted by Gasteiger charge is -2.10. The fraction of sp³-hybridized carbons (Fsp3) is 0.154. The van der Waals surface area contributed by atoms with E-state index in [4.69, 9.17) is 9.47 Å². The average Bonchev–Trinajstić information content (AvgIpc) is 2.81. The minimum absolute atomic E-state index is 0.0429. The summed E-state index contributed by atoms with van der Waals surface area (Å²) in [6.45, 7) is 0. The molecule has 3 aromatic rings. The van der Waals surface area contributed by atoms with Gasteiger partial charge in [-0.1, -0.05) is 42.5 Å². The third kappa shape index (κ3) is 5.98. The summed E-state index contributed by atoms with van der Waals surface area (Å²) < 4.78 is 10.5. The third-order valence-corrected chi connectivity index (χ3v) is 4.95. The lowest BCUT2D eigenvalue weighted by atomic mass is 10.0. The van der Waals surface area contributed by atoms with Crippen LogP contribution in [-0.2, 0) is 17.6 Å². The lowest BCUT2D eigenvalue weighted by molar-refractivity contribution is -0.111. The number of nitrogens with one attached hydrogen (secondary N) is 1. The number of anilines is 1. The van der Waals surface area contributed by atoms with E-state index >= 15 is 0 Å². The molecular weight excluding hydrogens is 406 g/mol. The van der Waals surface area contributed by atoms with E-state index in [0.717, 1.165) is 24.0 Å². The van der Waals surface area contributed by atoms with Crippen molar-refractivity contribution in [2.45, 2.75) is 12.8 Å². The van der Waals surface area contributed by atoms with Gasteiger partial charge in [-0.05, 0) is 59.9 Å². The van der Waals surface area contributed by atoms with Gasteiger partial charge in [-0.15, -0.1) is 0 Å². The molecule has 2 N–H and O–H groups in total. The topological polar surface area (TPSA) is 84.9 Å². The maximum absolute atomic E-state index is 12.5. The van der Waals surface area contributed by atoms with E-state index in [1.54, 1.807) is 43.5 Å². The summed E-state index contributed by atoms with van der Waals surface area (Å²) >= 11 is 0. The van der Waals surface area contributed by atoms with E-state index in [1.807, 2.05) is 30.3 Å². The number of carboxylic acids is 1. The number of amides is 1. The van der Waals surface area contributed by atoms with Crippen LogP contribution in [0.2, 0.25) is 0 Å². The van der Waals surface area contributed by atoms with Crippen LogP contribution in [0.25, 0.3) is 6.08 Å². The second-order valence-corrected chi connectivity index (χ2v) is 7.11. The maximum atomic E-state index is 12.5. The van der Waals surface area contributed by atoms with Crippen molar-refractivity contribution in [1.29, 1.82) is 0 Å². The highest BCUT2D eigenvalue weighted by Gasteiger charge is 2.13. The SMILES string of the molecule is COc1ccc(/C=C/C(=O)Nc2cc(CCc3ccccc3)ccc2C(=O)O)cc1OC. The first-order chi connectivity index (χ1) is 15.5. The van der Waals surface area contributed by atoms with Crippen molar-refractivity contribution in [3.05, 3.63) is 95.1 Å². The summed E-state index contributed by atoms with van der Waals surface area (Å²) in [7, 11) is 3.09. The Labute approximate surface area is 187 Å². The molecule has 3 aromatic carbocycles. The van der Waals surface area contributed by atoms with Crippen molar-refractivity contribution < 1.29 is 24.2 Å². The molecule has 6 nitrogen and oxygen atoms in total. The van der Waals surface area contributed by atoms with Gasteiger partial charge in [0.05, 0.1) is 25.5 Å². The molecule has 32 heavy (non-hydrogen) atoms. The Morgan fingerprint density at radius 3 is 2.28 bits per heavy atom. The second-order valence-electron chi connectivity index (χ2n) is 7.11. The Morgan fingerprint density at radius 2 is 1.59 bits per heavy atom. The van der Waals surface area contributed by atoms with Crippen molar-refractivity contribution in [2.24, 2.45) is 0 Å². The molecule has 0 unspecified atom stereocenters. The van der Waals surface area contributed by atoms with Crippen LogP contribution in [-0.4, -0.2) is 31.2 Å². The van der Waals surface area contributed by atoms with Crippen LogP contribution in [0.1, 0.15) is 27.0 Å². The normalized spacial score (nSPS) is 10.7. The van der Waals surface area contributed by atoms with Crippen LogP contribution in [0.15, 0.2) is 72.8 Å². The summed E-state index contributed by atoms with van der Waals surface area (Å²) in [6.07, 6.45) is 4.52. The Bertz CT molecular complexity index is 1120. The highest BCUT2D eigenvalue weighted by Crippen LogP contribution is 2.28. The van der Waals surface area contributed by atoms with Crippen LogP contribution < -0.4 is 14.8 Å². The fourth-order valence-corrected chi connectivity index (χ4v) is 3.27. The number of aromatic carboxylic acids is 1. The largest absolute Gasteiger partial charge is 0.493 e. The van der Waals surface area contributed by atoms with Gasteiger partial charge in [0.25, 0.3) is 0 Å². The average molecular weight is 431 g/mol. The number of carboxylic acid groups (broad SMARTS) is 1. The second kappa shape index (κ2) is 10.8. The quantitative estimate of drug-likeness (QED) is 0.474. The number of benzene rings is 3. The molecule has 0 bridgehead atoms. The van der Waals surface area contributed by atoms with E-state index in [1.165, 1.54) is 24.8 Å². The van der Waals surface area contributed by atoms with Gasteiger partial charge in [0.2, 0.25) is 5.91 Å². The van der Waals surface area contributed by atoms with Crippen LogP contribution in [0.4, 0.5) is 5.69 Å². The molecular formula is C26H25NO5. The van der Waals surface area contributed by atoms with Crippen LogP contribution in [0.3, 0.4) is 0 Å². The summed E-state index contributed by atoms with van der Waals surface area (Å²) in [6, 6.07) is 20.3.